The predicted molar refractivity (Wildman–Crippen MR) is 108 cm³/mol. The number of imidazole rings is 1. The van der Waals surface area contributed by atoms with Crippen LogP contribution in [0.5, 0.6) is 0 Å². The zero-order valence-electron chi connectivity index (χ0n) is 16.0. The molecule has 2 N–H and O–H groups in total. The van der Waals surface area contributed by atoms with Crippen molar-refractivity contribution in [2.24, 2.45) is 0 Å². The summed E-state index contributed by atoms with van der Waals surface area (Å²) in [5.41, 5.74) is 5.05. The SMILES string of the molecule is Cc1ccccc1-c1nn(-c2ccc(F)cc2F)cc1CNCCc1cnc[nH]1. The Morgan fingerprint density at radius 2 is 2.00 bits per heavy atom. The van der Waals surface area contributed by atoms with E-state index in [4.69, 9.17) is 0 Å². The summed E-state index contributed by atoms with van der Waals surface area (Å²) < 4.78 is 29.1. The van der Waals surface area contributed by atoms with E-state index in [1.54, 1.807) is 18.7 Å². The van der Waals surface area contributed by atoms with Crippen molar-refractivity contribution in [3.63, 3.8) is 0 Å². The average Bonchev–Trinajstić information content (AvgIpc) is 3.36. The number of nitrogens with one attached hydrogen (secondary N) is 2. The third-order valence-electron chi connectivity index (χ3n) is 4.79. The van der Waals surface area contributed by atoms with E-state index in [-0.39, 0.29) is 5.69 Å². The first-order valence-corrected chi connectivity index (χ1v) is 9.40. The van der Waals surface area contributed by atoms with Gasteiger partial charge in [0.05, 0.1) is 12.0 Å². The summed E-state index contributed by atoms with van der Waals surface area (Å²) in [5.74, 6) is -1.26. The van der Waals surface area contributed by atoms with Gasteiger partial charge in [0, 0.05) is 54.8 Å². The summed E-state index contributed by atoms with van der Waals surface area (Å²) in [6, 6.07) is 11.4. The topological polar surface area (TPSA) is 58.5 Å². The monoisotopic (exact) mass is 393 g/mol. The molecule has 0 aliphatic rings. The van der Waals surface area contributed by atoms with Gasteiger partial charge in [-0.3, -0.25) is 0 Å². The van der Waals surface area contributed by atoms with E-state index in [2.05, 4.69) is 20.4 Å². The van der Waals surface area contributed by atoms with E-state index in [9.17, 15) is 8.78 Å². The molecule has 0 bridgehead atoms. The first-order chi connectivity index (χ1) is 14.1. The van der Waals surface area contributed by atoms with Crippen LogP contribution in [0.1, 0.15) is 16.8 Å². The van der Waals surface area contributed by atoms with Gasteiger partial charge in [-0.15, -0.1) is 0 Å². The number of benzene rings is 2. The lowest BCUT2D eigenvalue weighted by atomic mass is 10.0. The van der Waals surface area contributed by atoms with Crippen molar-refractivity contribution in [1.82, 2.24) is 25.1 Å². The summed E-state index contributed by atoms with van der Waals surface area (Å²) in [5, 5.41) is 8.03. The van der Waals surface area contributed by atoms with Crippen molar-refractivity contribution in [2.45, 2.75) is 19.9 Å². The van der Waals surface area contributed by atoms with Crippen molar-refractivity contribution in [3.8, 4) is 16.9 Å². The van der Waals surface area contributed by atoms with Crippen LogP contribution >= 0.6 is 0 Å². The molecule has 0 amide bonds. The number of rotatable bonds is 7. The van der Waals surface area contributed by atoms with E-state index < -0.39 is 11.6 Å². The molecule has 5 nitrogen and oxygen atoms in total. The summed E-state index contributed by atoms with van der Waals surface area (Å²) in [6.07, 6.45) is 6.07. The molecular weight excluding hydrogens is 372 g/mol. The number of hydrogen-bond acceptors (Lipinski definition) is 3. The zero-order chi connectivity index (χ0) is 20.2. The van der Waals surface area contributed by atoms with Crippen LogP contribution in [0.3, 0.4) is 0 Å². The molecule has 2 heterocycles. The molecule has 2 aromatic heterocycles. The van der Waals surface area contributed by atoms with Gasteiger partial charge in [-0.1, -0.05) is 24.3 Å². The summed E-state index contributed by atoms with van der Waals surface area (Å²) in [4.78, 5) is 7.09. The minimum atomic E-state index is -0.650. The molecule has 4 rings (SSSR count). The maximum Gasteiger partial charge on any atom is 0.151 e. The maximum atomic E-state index is 14.3. The molecule has 0 unspecified atom stereocenters. The Kier molecular flexibility index (Phi) is 5.48. The number of aryl methyl sites for hydroxylation is 1. The maximum absolute atomic E-state index is 14.3. The molecular formula is C22H21F2N5. The van der Waals surface area contributed by atoms with Crippen LogP contribution in [0.2, 0.25) is 0 Å². The van der Waals surface area contributed by atoms with Crippen LogP contribution in [-0.4, -0.2) is 26.3 Å². The number of halogens is 2. The minimum Gasteiger partial charge on any atom is -0.348 e. The van der Waals surface area contributed by atoms with Gasteiger partial charge in [-0.05, 0) is 24.6 Å². The van der Waals surface area contributed by atoms with E-state index in [0.717, 1.165) is 47.1 Å². The first-order valence-electron chi connectivity index (χ1n) is 9.40. The van der Waals surface area contributed by atoms with Crippen LogP contribution in [0, 0.1) is 18.6 Å². The quantitative estimate of drug-likeness (QED) is 0.463. The van der Waals surface area contributed by atoms with Crippen LogP contribution in [-0.2, 0) is 13.0 Å². The Morgan fingerprint density at radius 1 is 1.14 bits per heavy atom. The third kappa shape index (κ3) is 4.25. The van der Waals surface area contributed by atoms with Crippen molar-refractivity contribution >= 4 is 0 Å². The molecule has 0 fully saturated rings. The first kappa shape index (κ1) is 19.0. The van der Waals surface area contributed by atoms with E-state index >= 15 is 0 Å². The lowest BCUT2D eigenvalue weighted by Crippen LogP contribution is -2.17. The summed E-state index contributed by atoms with van der Waals surface area (Å²) >= 11 is 0. The van der Waals surface area contributed by atoms with Gasteiger partial charge in [-0.25, -0.2) is 18.4 Å². The Balaban J connectivity index is 1.62. The Labute approximate surface area is 167 Å². The van der Waals surface area contributed by atoms with E-state index in [1.165, 1.54) is 16.8 Å². The fourth-order valence-electron chi connectivity index (χ4n) is 3.26. The van der Waals surface area contributed by atoms with Gasteiger partial charge in [0.1, 0.15) is 11.5 Å². The summed E-state index contributed by atoms with van der Waals surface area (Å²) in [7, 11) is 0. The lowest BCUT2D eigenvalue weighted by molar-refractivity contribution is 0.573. The molecule has 7 heteroatoms. The molecule has 4 aromatic rings. The molecule has 0 saturated carbocycles. The highest BCUT2D eigenvalue weighted by Crippen LogP contribution is 2.27. The third-order valence-corrected chi connectivity index (χ3v) is 4.79. The van der Waals surface area contributed by atoms with Gasteiger partial charge in [0.15, 0.2) is 5.82 Å². The van der Waals surface area contributed by atoms with Crippen LogP contribution in [0.25, 0.3) is 16.9 Å². The predicted octanol–water partition coefficient (Wildman–Crippen LogP) is 4.18. The summed E-state index contributed by atoms with van der Waals surface area (Å²) in [6.45, 7) is 3.34. The van der Waals surface area contributed by atoms with Crippen LogP contribution in [0.4, 0.5) is 8.78 Å². The van der Waals surface area contributed by atoms with Gasteiger partial charge < -0.3 is 10.3 Å². The van der Waals surface area contributed by atoms with Crippen LogP contribution < -0.4 is 5.32 Å². The molecule has 0 radical (unpaired) electrons. The second-order valence-corrected chi connectivity index (χ2v) is 6.86. The van der Waals surface area contributed by atoms with Crippen molar-refractivity contribution < 1.29 is 8.78 Å². The Morgan fingerprint density at radius 3 is 2.76 bits per heavy atom. The van der Waals surface area contributed by atoms with E-state index in [0.29, 0.717) is 6.54 Å². The minimum absolute atomic E-state index is 0.213. The van der Waals surface area contributed by atoms with Crippen LogP contribution in [0.15, 0.2) is 61.2 Å². The molecule has 0 aliphatic carbocycles. The number of aromatic nitrogens is 4. The second kappa shape index (κ2) is 8.36. The molecule has 0 aliphatic heterocycles. The fraction of sp³-hybridized carbons (Fsp3) is 0.182. The van der Waals surface area contributed by atoms with Crippen molar-refractivity contribution in [2.75, 3.05) is 6.54 Å². The van der Waals surface area contributed by atoms with Gasteiger partial charge >= 0.3 is 0 Å². The number of nitrogens with zero attached hydrogens (tertiary/aromatic N) is 3. The highest BCUT2D eigenvalue weighted by molar-refractivity contribution is 5.66. The molecule has 0 atom stereocenters. The largest absolute Gasteiger partial charge is 0.348 e. The zero-order valence-corrected chi connectivity index (χ0v) is 16.0. The highest BCUT2D eigenvalue weighted by Gasteiger charge is 2.16. The average molecular weight is 393 g/mol. The normalized spacial score (nSPS) is 11.1. The number of aromatic amines is 1. The smallest absolute Gasteiger partial charge is 0.151 e. The highest BCUT2D eigenvalue weighted by atomic mass is 19.1. The molecule has 2 aromatic carbocycles. The van der Waals surface area contributed by atoms with Crippen molar-refractivity contribution in [3.05, 3.63) is 89.6 Å². The van der Waals surface area contributed by atoms with Gasteiger partial charge in [0.25, 0.3) is 0 Å². The van der Waals surface area contributed by atoms with Gasteiger partial charge in [0.2, 0.25) is 0 Å². The Bertz CT molecular complexity index is 1100. The Hall–Kier alpha value is -3.32. The lowest BCUT2D eigenvalue weighted by Gasteiger charge is -2.07. The van der Waals surface area contributed by atoms with Crippen molar-refractivity contribution in [1.29, 1.82) is 0 Å². The molecule has 0 saturated heterocycles. The molecule has 148 valence electrons. The molecule has 29 heavy (non-hydrogen) atoms. The number of H-pyrrole nitrogens is 1. The fourth-order valence-corrected chi connectivity index (χ4v) is 3.26. The number of hydrogen-bond donors (Lipinski definition) is 2. The van der Waals surface area contributed by atoms with E-state index in [1.807, 2.05) is 31.2 Å². The van der Waals surface area contributed by atoms with Gasteiger partial charge in [-0.2, -0.15) is 5.10 Å². The molecule has 0 spiro atoms. The second-order valence-electron chi connectivity index (χ2n) is 6.86. The standard InChI is InChI=1S/C22H21F2N5/c1-15-4-2-3-5-19(15)22-16(11-25-9-8-18-12-26-14-27-18)13-29(28-22)21-7-6-17(23)10-20(21)24/h2-7,10,12-14,25H,8-9,11H2,1H3,(H,26,27).